The predicted octanol–water partition coefficient (Wildman–Crippen LogP) is 3.13. The first kappa shape index (κ1) is 10.1. The molecule has 1 aliphatic carbocycles. The van der Waals surface area contributed by atoms with Crippen LogP contribution in [0.5, 0.6) is 0 Å². The summed E-state index contributed by atoms with van der Waals surface area (Å²) in [7, 11) is 0. The molecule has 1 fully saturated rings. The van der Waals surface area contributed by atoms with Crippen molar-refractivity contribution in [2.24, 2.45) is 0 Å². The molecular weight excluding hydrogens is 268 g/mol. The van der Waals surface area contributed by atoms with E-state index in [1.54, 1.807) is 0 Å². The van der Waals surface area contributed by atoms with E-state index in [1.807, 2.05) is 18.2 Å². The van der Waals surface area contributed by atoms with E-state index in [9.17, 15) is 4.79 Å². The minimum Gasteiger partial charge on any atom is -0.377 e. The summed E-state index contributed by atoms with van der Waals surface area (Å²) >= 11 is 3.46. The Morgan fingerprint density at radius 2 is 2.06 bits per heavy atom. The molecule has 0 atom stereocenters. The van der Waals surface area contributed by atoms with Crippen LogP contribution in [0.15, 0.2) is 22.7 Å². The zero-order valence-corrected chi connectivity index (χ0v) is 10.4. The van der Waals surface area contributed by atoms with Crippen LogP contribution in [0.25, 0.3) is 0 Å². The van der Waals surface area contributed by atoms with Gasteiger partial charge in [-0.1, -0.05) is 15.9 Å². The van der Waals surface area contributed by atoms with Crippen LogP contribution in [0.4, 0.5) is 11.4 Å². The van der Waals surface area contributed by atoms with E-state index < -0.39 is 0 Å². The molecule has 84 valence electrons. The van der Waals surface area contributed by atoms with Gasteiger partial charge in [0.05, 0.1) is 11.4 Å². The Bertz CT molecular complexity index is 454. The van der Waals surface area contributed by atoms with E-state index in [2.05, 4.69) is 26.6 Å². The van der Waals surface area contributed by atoms with Crippen molar-refractivity contribution < 1.29 is 4.79 Å². The number of anilines is 2. The molecule has 0 radical (unpaired) electrons. The van der Waals surface area contributed by atoms with Crippen molar-refractivity contribution in [1.82, 2.24) is 0 Å². The second-order valence-electron chi connectivity index (χ2n) is 4.67. The minimum absolute atomic E-state index is 0.0100. The number of nitrogens with one attached hydrogen (secondary N) is 2. The molecule has 1 aromatic rings. The number of amides is 1. The second-order valence-corrected chi connectivity index (χ2v) is 5.59. The molecule has 1 spiro atoms. The highest BCUT2D eigenvalue weighted by Crippen LogP contribution is 2.42. The van der Waals surface area contributed by atoms with Crippen LogP contribution in [-0.2, 0) is 4.79 Å². The molecule has 16 heavy (non-hydrogen) atoms. The summed E-state index contributed by atoms with van der Waals surface area (Å²) in [6, 6.07) is 5.91. The highest BCUT2D eigenvalue weighted by molar-refractivity contribution is 9.10. The molecule has 0 bridgehead atoms. The number of hydrogen-bond donors (Lipinski definition) is 2. The third-order valence-electron chi connectivity index (χ3n) is 3.47. The molecule has 1 aliphatic heterocycles. The van der Waals surface area contributed by atoms with E-state index in [-0.39, 0.29) is 11.4 Å². The average molecular weight is 281 g/mol. The maximum atomic E-state index is 11.8. The van der Waals surface area contributed by atoms with Crippen LogP contribution >= 0.6 is 15.9 Å². The zero-order chi connectivity index (χ0) is 11.2. The first-order valence-electron chi connectivity index (χ1n) is 5.55. The maximum absolute atomic E-state index is 11.8. The van der Waals surface area contributed by atoms with Gasteiger partial charge in [-0.05, 0) is 37.5 Å². The van der Waals surface area contributed by atoms with Gasteiger partial charge in [-0.15, -0.1) is 0 Å². The summed E-state index contributed by atoms with van der Waals surface area (Å²) in [6.45, 7) is 0. The van der Waals surface area contributed by atoms with Crippen molar-refractivity contribution in [3.63, 3.8) is 0 Å². The molecular formula is C12H13BrN2O. The van der Waals surface area contributed by atoms with Gasteiger partial charge in [-0.3, -0.25) is 4.79 Å². The summed E-state index contributed by atoms with van der Waals surface area (Å²) in [5, 5.41) is 6.48. The van der Waals surface area contributed by atoms with Gasteiger partial charge in [0.25, 0.3) is 0 Å². The van der Waals surface area contributed by atoms with Crippen LogP contribution in [-0.4, -0.2) is 11.4 Å². The molecule has 2 aliphatic rings. The van der Waals surface area contributed by atoms with E-state index in [0.717, 1.165) is 28.7 Å². The summed E-state index contributed by atoms with van der Waals surface area (Å²) in [6.07, 6.45) is 3.97. The Hall–Kier alpha value is -1.03. The Morgan fingerprint density at radius 1 is 1.25 bits per heavy atom. The zero-order valence-electron chi connectivity index (χ0n) is 8.85. The first-order chi connectivity index (χ1) is 7.67. The van der Waals surface area contributed by atoms with Crippen LogP contribution in [0.1, 0.15) is 25.7 Å². The van der Waals surface area contributed by atoms with Crippen molar-refractivity contribution in [3.05, 3.63) is 22.7 Å². The van der Waals surface area contributed by atoms with Gasteiger partial charge in [0.1, 0.15) is 0 Å². The lowest BCUT2D eigenvalue weighted by atomic mass is 9.74. The van der Waals surface area contributed by atoms with Crippen LogP contribution in [0.2, 0.25) is 0 Å². The van der Waals surface area contributed by atoms with E-state index in [0.29, 0.717) is 6.42 Å². The lowest BCUT2D eigenvalue weighted by molar-refractivity contribution is -0.117. The van der Waals surface area contributed by atoms with Gasteiger partial charge in [0.15, 0.2) is 0 Å². The largest absolute Gasteiger partial charge is 0.377 e. The third kappa shape index (κ3) is 1.61. The standard InChI is InChI=1S/C12H13BrN2O/c13-8-2-3-9-10(6-8)15-12(4-1-5-12)7-11(16)14-9/h2-3,6,15H,1,4-5,7H2,(H,14,16). The van der Waals surface area contributed by atoms with Gasteiger partial charge < -0.3 is 10.6 Å². The van der Waals surface area contributed by atoms with E-state index in [1.165, 1.54) is 6.42 Å². The van der Waals surface area contributed by atoms with Gasteiger partial charge >= 0.3 is 0 Å². The maximum Gasteiger partial charge on any atom is 0.226 e. The summed E-state index contributed by atoms with van der Waals surface area (Å²) < 4.78 is 1.03. The molecule has 0 saturated heterocycles. The summed E-state index contributed by atoms with van der Waals surface area (Å²) in [5.74, 6) is 0.119. The first-order valence-corrected chi connectivity index (χ1v) is 6.34. The van der Waals surface area contributed by atoms with Gasteiger partial charge in [-0.2, -0.15) is 0 Å². The van der Waals surface area contributed by atoms with Gasteiger partial charge in [0.2, 0.25) is 5.91 Å². The Balaban J connectivity index is 2.02. The lowest BCUT2D eigenvalue weighted by Gasteiger charge is -2.41. The molecule has 0 unspecified atom stereocenters. The smallest absolute Gasteiger partial charge is 0.226 e. The Kier molecular flexibility index (Phi) is 2.21. The number of halogens is 1. The van der Waals surface area contributed by atoms with E-state index in [4.69, 9.17) is 0 Å². The molecule has 1 saturated carbocycles. The molecule has 3 nitrogen and oxygen atoms in total. The van der Waals surface area contributed by atoms with Crippen molar-refractivity contribution >= 4 is 33.2 Å². The average Bonchev–Trinajstić information content (AvgIpc) is 2.32. The molecule has 2 N–H and O–H groups in total. The monoisotopic (exact) mass is 280 g/mol. The van der Waals surface area contributed by atoms with Gasteiger partial charge in [-0.25, -0.2) is 0 Å². The molecule has 1 amide bonds. The van der Waals surface area contributed by atoms with Crippen molar-refractivity contribution in [2.75, 3.05) is 10.6 Å². The minimum atomic E-state index is 0.0100. The SMILES string of the molecule is O=C1CC2(CCC2)Nc2cc(Br)ccc2N1. The summed E-state index contributed by atoms with van der Waals surface area (Å²) in [4.78, 5) is 11.8. The van der Waals surface area contributed by atoms with E-state index >= 15 is 0 Å². The lowest BCUT2D eigenvalue weighted by Crippen LogP contribution is -2.46. The summed E-state index contributed by atoms with van der Waals surface area (Å²) in [5.41, 5.74) is 1.92. The molecule has 3 rings (SSSR count). The fraction of sp³-hybridized carbons (Fsp3) is 0.417. The van der Waals surface area contributed by atoms with Crippen LogP contribution in [0, 0.1) is 0 Å². The van der Waals surface area contributed by atoms with Gasteiger partial charge in [0, 0.05) is 16.4 Å². The fourth-order valence-electron chi connectivity index (χ4n) is 2.47. The number of fused-ring (bicyclic) bond motifs is 1. The van der Waals surface area contributed by atoms with Crippen molar-refractivity contribution in [1.29, 1.82) is 0 Å². The number of carbonyl (C=O) groups excluding carboxylic acids is 1. The quantitative estimate of drug-likeness (QED) is 0.767. The predicted molar refractivity (Wildman–Crippen MR) is 67.6 cm³/mol. The number of rotatable bonds is 0. The highest BCUT2D eigenvalue weighted by atomic mass is 79.9. The molecule has 1 aromatic carbocycles. The Morgan fingerprint density at radius 3 is 2.75 bits per heavy atom. The number of carbonyl (C=O) groups is 1. The molecule has 0 aromatic heterocycles. The van der Waals surface area contributed by atoms with Crippen LogP contribution < -0.4 is 10.6 Å². The molecule has 1 heterocycles. The second kappa shape index (κ2) is 3.48. The number of hydrogen-bond acceptors (Lipinski definition) is 2. The Labute approximate surface area is 103 Å². The molecule has 4 heteroatoms. The van der Waals surface area contributed by atoms with Crippen LogP contribution in [0.3, 0.4) is 0 Å². The third-order valence-corrected chi connectivity index (χ3v) is 3.96. The van der Waals surface area contributed by atoms with Crippen molar-refractivity contribution in [2.45, 2.75) is 31.2 Å². The highest BCUT2D eigenvalue weighted by Gasteiger charge is 2.40. The normalized spacial score (nSPS) is 21.4. The van der Waals surface area contributed by atoms with Crippen molar-refractivity contribution in [3.8, 4) is 0 Å². The topological polar surface area (TPSA) is 41.1 Å². The number of benzene rings is 1. The fourth-order valence-corrected chi connectivity index (χ4v) is 2.83.